The lowest BCUT2D eigenvalue weighted by Gasteiger charge is -2.38. The fraction of sp³-hybridized carbons (Fsp3) is 1.00. The molecule has 0 spiro atoms. The summed E-state index contributed by atoms with van der Waals surface area (Å²) in [6, 6.07) is 0.729. The molecule has 4 heteroatoms. The SMILES string of the molecule is CC1COCCN1[C@@H]1CNC[C@H]1O. The highest BCUT2D eigenvalue weighted by molar-refractivity contribution is 4.91. The molecule has 2 heterocycles. The van der Waals surface area contributed by atoms with Gasteiger partial charge in [-0.1, -0.05) is 0 Å². The minimum absolute atomic E-state index is 0.208. The average Bonchev–Trinajstić information content (AvgIpc) is 2.52. The number of aliphatic hydroxyl groups is 1. The molecule has 0 aromatic carbocycles. The molecule has 4 nitrogen and oxygen atoms in total. The zero-order chi connectivity index (χ0) is 9.26. The van der Waals surface area contributed by atoms with Crippen molar-refractivity contribution in [2.45, 2.75) is 25.1 Å². The largest absolute Gasteiger partial charge is 0.390 e. The Labute approximate surface area is 78.9 Å². The lowest BCUT2D eigenvalue weighted by Crippen LogP contribution is -2.53. The molecule has 3 atom stereocenters. The van der Waals surface area contributed by atoms with Crippen molar-refractivity contribution in [3.05, 3.63) is 0 Å². The van der Waals surface area contributed by atoms with Crippen LogP contribution in [0.25, 0.3) is 0 Å². The fourth-order valence-corrected chi connectivity index (χ4v) is 2.22. The van der Waals surface area contributed by atoms with Gasteiger partial charge in [-0.25, -0.2) is 0 Å². The number of hydrogen-bond acceptors (Lipinski definition) is 4. The number of morpholine rings is 1. The van der Waals surface area contributed by atoms with E-state index in [1.165, 1.54) is 0 Å². The van der Waals surface area contributed by atoms with Gasteiger partial charge in [0.15, 0.2) is 0 Å². The third kappa shape index (κ3) is 1.86. The maximum Gasteiger partial charge on any atom is 0.0831 e. The van der Waals surface area contributed by atoms with Crippen LogP contribution in [0.2, 0.25) is 0 Å². The molecular weight excluding hydrogens is 168 g/mol. The summed E-state index contributed by atoms with van der Waals surface area (Å²) in [6.45, 7) is 6.34. The molecule has 2 aliphatic heterocycles. The highest BCUT2D eigenvalue weighted by Crippen LogP contribution is 2.15. The van der Waals surface area contributed by atoms with Gasteiger partial charge in [-0.2, -0.15) is 0 Å². The van der Waals surface area contributed by atoms with Crippen LogP contribution in [0.4, 0.5) is 0 Å². The second-order valence-electron chi connectivity index (χ2n) is 3.95. The summed E-state index contributed by atoms with van der Waals surface area (Å²) in [4.78, 5) is 2.36. The standard InChI is InChI=1S/C9H18N2O2/c1-7-6-13-3-2-11(7)8-4-10-5-9(8)12/h7-10,12H,2-6H2,1H3/t7?,8-,9-/m1/s1. The predicted octanol–water partition coefficient (Wildman–Crippen LogP) is -0.960. The first-order valence-corrected chi connectivity index (χ1v) is 5.01. The van der Waals surface area contributed by atoms with Crippen LogP contribution in [0.1, 0.15) is 6.92 Å². The first-order valence-electron chi connectivity index (χ1n) is 5.01. The van der Waals surface area contributed by atoms with Crippen LogP contribution in [0, 0.1) is 0 Å². The highest BCUT2D eigenvalue weighted by atomic mass is 16.5. The monoisotopic (exact) mass is 186 g/mol. The smallest absolute Gasteiger partial charge is 0.0831 e. The van der Waals surface area contributed by atoms with Crippen LogP contribution >= 0.6 is 0 Å². The highest BCUT2D eigenvalue weighted by Gasteiger charge is 2.34. The van der Waals surface area contributed by atoms with Crippen molar-refractivity contribution >= 4 is 0 Å². The zero-order valence-electron chi connectivity index (χ0n) is 8.07. The molecule has 13 heavy (non-hydrogen) atoms. The van der Waals surface area contributed by atoms with Gasteiger partial charge in [0.25, 0.3) is 0 Å². The minimum Gasteiger partial charge on any atom is -0.390 e. The zero-order valence-corrected chi connectivity index (χ0v) is 8.07. The molecule has 2 rings (SSSR count). The normalized spacial score (nSPS) is 42.5. The van der Waals surface area contributed by atoms with Crippen LogP contribution in [0.5, 0.6) is 0 Å². The Morgan fingerprint density at radius 2 is 2.31 bits per heavy atom. The van der Waals surface area contributed by atoms with Crippen molar-refractivity contribution in [2.75, 3.05) is 32.8 Å². The van der Waals surface area contributed by atoms with Gasteiger partial charge in [0.05, 0.1) is 19.3 Å². The summed E-state index contributed by atoms with van der Waals surface area (Å²) in [5.41, 5.74) is 0. The van der Waals surface area contributed by atoms with Gasteiger partial charge in [-0.3, -0.25) is 4.90 Å². The Morgan fingerprint density at radius 1 is 1.46 bits per heavy atom. The van der Waals surface area contributed by atoms with Crippen LogP contribution in [0.3, 0.4) is 0 Å². The summed E-state index contributed by atoms with van der Waals surface area (Å²) < 4.78 is 5.36. The molecule has 0 bridgehead atoms. The second-order valence-corrected chi connectivity index (χ2v) is 3.95. The molecule has 0 aromatic rings. The molecule has 2 saturated heterocycles. The maximum absolute atomic E-state index is 9.71. The molecule has 0 radical (unpaired) electrons. The van der Waals surface area contributed by atoms with E-state index in [9.17, 15) is 5.11 Å². The fourth-order valence-electron chi connectivity index (χ4n) is 2.22. The first-order chi connectivity index (χ1) is 6.29. The van der Waals surface area contributed by atoms with Crippen molar-refractivity contribution in [3.63, 3.8) is 0 Å². The van der Waals surface area contributed by atoms with E-state index in [0.717, 1.165) is 32.8 Å². The van der Waals surface area contributed by atoms with Gasteiger partial charge < -0.3 is 15.2 Å². The van der Waals surface area contributed by atoms with E-state index >= 15 is 0 Å². The Kier molecular flexibility index (Phi) is 2.83. The van der Waals surface area contributed by atoms with Crippen LogP contribution in [0.15, 0.2) is 0 Å². The second kappa shape index (κ2) is 3.92. The average molecular weight is 186 g/mol. The van der Waals surface area contributed by atoms with Crippen LogP contribution < -0.4 is 5.32 Å². The van der Waals surface area contributed by atoms with Crippen molar-refractivity contribution < 1.29 is 9.84 Å². The molecular formula is C9H18N2O2. The van der Waals surface area contributed by atoms with Gasteiger partial charge in [-0.15, -0.1) is 0 Å². The predicted molar refractivity (Wildman–Crippen MR) is 49.7 cm³/mol. The molecule has 2 fully saturated rings. The Morgan fingerprint density at radius 3 is 2.92 bits per heavy atom. The van der Waals surface area contributed by atoms with Gasteiger partial charge in [0, 0.05) is 31.7 Å². The molecule has 76 valence electrons. The van der Waals surface area contributed by atoms with E-state index in [2.05, 4.69) is 17.1 Å². The van der Waals surface area contributed by atoms with E-state index in [0.29, 0.717) is 12.1 Å². The van der Waals surface area contributed by atoms with Gasteiger partial charge in [0.2, 0.25) is 0 Å². The van der Waals surface area contributed by atoms with E-state index in [1.54, 1.807) is 0 Å². The molecule has 0 aromatic heterocycles. The van der Waals surface area contributed by atoms with Crippen molar-refractivity contribution in [3.8, 4) is 0 Å². The van der Waals surface area contributed by atoms with Crippen LogP contribution in [-0.4, -0.2) is 61.0 Å². The number of nitrogens with zero attached hydrogens (tertiary/aromatic N) is 1. The molecule has 2 aliphatic rings. The quantitative estimate of drug-likeness (QED) is 0.553. The molecule has 2 N–H and O–H groups in total. The summed E-state index contributed by atoms with van der Waals surface area (Å²) >= 11 is 0. The third-order valence-corrected chi connectivity index (χ3v) is 3.00. The van der Waals surface area contributed by atoms with E-state index in [1.807, 2.05) is 0 Å². The molecule has 0 saturated carbocycles. The lowest BCUT2D eigenvalue weighted by atomic mass is 10.1. The number of rotatable bonds is 1. The molecule has 0 amide bonds. The van der Waals surface area contributed by atoms with Crippen molar-refractivity contribution in [1.82, 2.24) is 10.2 Å². The van der Waals surface area contributed by atoms with Gasteiger partial charge >= 0.3 is 0 Å². The minimum atomic E-state index is -0.208. The van der Waals surface area contributed by atoms with E-state index in [4.69, 9.17) is 4.74 Å². The number of ether oxygens (including phenoxy) is 1. The van der Waals surface area contributed by atoms with E-state index < -0.39 is 0 Å². The number of nitrogens with one attached hydrogen (secondary N) is 1. The first kappa shape index (κ1) is 9.40. The summed E-state index contributed by atoms with van der Waals surface area (Å²) in [5.74, 6) is 0. The Bertz CT molecular complexity index is 177. The van der Waals surface area contributed by atoms with Gasteiger partial charge in [-0.05, 0) is 6.92 Å². The van der Waals surface area contributed by atoms with Crippen molar-refractivity contribution in [1.29, 1.82) is 0 Å². The van der Waals surface area contributed by atoms with Crippen molar-refractivity contribution in [2.24, 2.45) is 0 Å². The summed E-state index contributed by atoms with van der Waals surface area (Å²) in [6.07, 6.45) is -0.208. The lowest BCUT2D eigenvalue weighted by molar-refractivity contribution is -0.0401. The Hall–Kier alpha value is -0.160. The summed E-state index contributed by atoms with van der Waals surface area (Å²) in [5, 5.41) is 12.9. The topological polar surface area (TPSA) is 44.7 Å². The summed E-state index contributed by atoms with van der Waals surface area (Å²) in [7, 11) is 0. The number of β-amino-alcohol motifs (C(OH)–C–C–N with tert-alkyl or cyclic N) is 1. The molecule has 1 unspecified atom stereocenters. The Balaban J connectivity index is 1.97. The van der Waals surface area contributed by atoms with Gasteiger partial charge in [0.1, 0.15) is 0 Å². The maximum atomic E-state index is 9.71. The third-order valence-electron chi connectivity index (χ3n) is 3.00. The van der Waals surface area contributed by atoms with Crippen LogP contribution in [-0.2, 0) is 4.74 Å². The number of aliphatic hydroxyl groups excluding tert-OH is 1. The number of hydrogen-bond donors (Lipinski definition) is 2. The van der Waals surface area contributed by atoms with E-state index in [-0.39, 0.29) is 6.10 Å². The molecule has 0 aliphatic carbocycles.